The second-order valence-corrected chi connectivity index (χ2v) is 5.90. The second-order valence-electron chi connectivity index (χ2n) is 5.90. The van der Waals surface area contributed by atoms with Gasteiger partial charge in [-0.2, -0.15) is 0 Å². The van der Waals surface area contributed by atoms with E-state index in [2.05, 4.69) is 16.8 Å². The number of nitrogens with one attached hydrogen (secondary N) is 1. The summed E-state index contributed by atoms with van der Waals surface area (Å²) in [4.78, 5) is 14.0. The number of unbranched alkanes of at least 4 members (excludes halogenated alkanes) is 1. The smallest absolute Gasteiger partial charge is 0.317 e. The molecule has 0 saturated carbocycles. The fraction of sp³-hybridized carbons (Fsp3) is 0.471. The molecule has 118 valence electrons. The summed E-state index contributed by atoms with van der Waals surface area (Å²) >= 11 is 0. The van der Waals surface area contributed by atoms with Crippen molar-refractivity contribution in [3.05, 3.63) is 35.3 Å². The minimum absolute atomic E-state index is 0.0208. The van der Waals surface area contributed by atoms with Crippen LogP contribution in [0.5, 0.6) is 0 Å². The van der Waals surface area contributed by atoms with E-state index in [0.29, 0.717) is 19.6 Å². The maximum Gasteiger partial charge on any atom is 0.317 e. The highest BCUT2D eigenvalue weighted by atomic mass is 19.1. The van der Waals surface area contributed by atoms with Crippen molar-refractivity contribution in [3.8, 4) is 0 Å². The molecule has 2 amide bonds. The van der Waals surface area contributed by atoms with Crippen LogP contribution in [0.3, 0.4) is 0 Å². The summed E-state index contributed by atoms with van der Waals surface area (Å²) in [6, 6.07) is 4.86. The maximum atomic E-state index is 13.6. The molecule has 0 bridgehead atoms. The molecule has 3 rings (SSSR count). The molecule has 1 aliphatic rings. The molecule has 0 radical (unpaired) electrons. The largest absolute Gasteiger partial charge is 0.347 e. The zero-order valence-corrected chi connectivity index (χ0v) is 13.2. The van der Waals surface area contributed by atoms with Crippen LogP contribution in [0.2, 0.25) is 0 Å². The molecule has 2 aromatic rings. The minimum atomic E-state index is -0.231. The van der Waals surface area contributed by atoms with E-state index >= 15 is 0 Å². The van der Waals surface area contributed by atoms with Gasteiger partial charge in [-0.05, 0) is 24.6 Å². The van der Waals surface area contributed by atoms with E-state index in [0.717, 1.165) is 35.7 Å². The average Bonchev–Trinajstić information content (AvgIpc) is 2.79. The van der Waals surface area contributed by atoms with Gasteiger partial charge in [-0.3, -0.25) is 0 Å². The molecule has 1 aliphatic heterocycles. The molecule has 0 fully saturated rings. The number of nitrogens with zero attached hydrogens (tertiary/aromatic N) is 2. The van der Waals surface area contributed by atoms with Gasteiger partial charge in [0.1, 0.15) is 5.82 Å². The number of rotatable bonds is 3. The molecule has 0 atom stereocenters. The van der Waals surface area contributed by atoms with Crippen LogP contribution in [0.15, 0.2) is 18.2 Å². The highest BCUT2D eigenvalue weighted by Crippen LogP contribution is 2.30. The van der Waals surface area contributed by atoms with E-state index in [1.54, 1.807) is 6.07 Å². The van der Waals surface area contributed by atoms with Crippen molar-refractivity contribution >= 4 is 16.9 Å². The number of aryl methyl sites for hydroxylation is 1. The monoisotopic (exact) mass is 303 g/mol. The average molecular weight is 303 g/mol. The van der Waals surface area contributed by atoms with Crippen LogP contribution in [-0.4, -0.2) is 28.6 Å². The zero-order chi connectivity index (χ0) is 15.7. The maximum absolute atomic E-state index is 13.6. The van der Waals surface area contributed by atoms with Crippen LogP contribution < -0.4 is 5.32 Å². The first-order chi connectivity index (χ1) is 10.6. The van der Waals surface area contributed by atoms with E-state index in [4.69, 9.17) is 0 Å². The van der Waals surface area contributed by atoms with Gasteiger partial charge in [0.25, 0.3) is 0 Å². The summed E-state index contributed by atoms with van der Waals surface area (Å²) in [5, 5.41) is 3.88. The summed E-state index contributed by atoms with van der Waals surface area (Å²) in [5.41, 5.74) is 3.31. The van der Waals surface area contributed by atoms with Crippen LogP contribution in [0.25, 0.3) is 10.9 Å². The van der Waals surface area contributed by atoms with Gasteiger partial charge < -0.3 is 14.8 Å². The summed E-state index contributed by atoms with van der Waals surface area (Å²) in [7, 11) is 2.01. The van der Waals surface area contributed by atoms with Gasteiger partial charge in [-0.25, -0.2) is 9.18 Å². The second kappa shape index (κ2) is 5.99. The first kappa shape index (κ1) is 14.9. The fourth-order valence-corrected chi connectivity index (χ4v) is 3.21. The Balaban J connectivity index is 1.86. The molecule has 0 unspecified atom stereocenters. The lowest BCUT2D eigenvalue weighted by atomic mass is 10.0. The molecular weight excluding hydrogens is 281 g/mol. The summed E-state index contributed by atoms with van der Waals surface area (Å²) in [5.74, 6) is -0.231. The Morgan fingerprint density at radius 3 is 3.00 bits per heavy atom. The van der Waals surface area contributed by atoms with Crippen molar-refractivity contribution in [1.29, 1.82) is 0 Å². The number of halogens is 1. The number of carbonyl (C=O) groups is 1. The third-order valence-corrected chi connectivity index (χ3v) is 4.46. The summed E-state index contributed by atoms with van der Waals surface area (Å²) < 4.78 is 15.7. The Bertz CT molecular complexity index is 707. The first-order valence-electron chi connectivity index (χ1n) is 7.90. The Labute approximate surface area is 129 Å². The van der Waals surface area contributed by atoms with Gasteiger partial charge >= 0.3 is 6.03 Å². The molecule has 22 heavy (non-hydrogen) atoms. The zero-order valence-electron chi connectivity index (χ0n) is 13.2. The lowest BCUT2D eigenvalue weighted by molar-refractivity contribution is 0.192. The van der Waals surface area contributed by atoms with Gasteiger partial charge in [-0.15, -0.1) is 0 Å². The van der Waals surface area contributed by atoms with Crippen molar-refractivity contribution in [2.45, 2.75) is 32.7 Å². The number of amides is 2. The Morgan fingerprint density at radius 1 is 1.41 bits per heavy atom. The predicted molar refractivity (Wildman–Crippen MR) is 85.3 cm³/mol. The van der Waals surface area contributed by atoms with E-state index < -0.39 is 0 Å². The SMILES string of the molecule is CCCCNC(=O)N1CCc2c(c3cc(F)ccc3n2C)C1. The van der Waals surface area contributed by atoms with Crippen molar-refractivity contribution in [2.24, 2.45) is 7.05 Å². The molecule has 0 saturated heterocycles. The van der Waals surface area contributed by atoms with Crippen LogP contribution in [0.1, 0.15) is 31.0 Å². The molecule has 1 aromatic heterocycles. The van der Waals surface area contributed by atoms with Gasteiger partial charge in [0, 0.05) is 55.3 Å². The highest BCUT2D eigenvalue weighted by molar-refractivity contribution is 5.86. The van der Waals surface area contributed by atoms with Crippen molar-refractivity contribution < 1.29 is 9.18 Å². The predicted octanol–water partition coefficient (Wildman–Crippen LogP) is 3.19. The number of aromatic nitrogens is 1. The van der Waals surface area contributed by atoms with Crippen molar-refractivity contribution in [1.82, 2.24) is 14.8 Å². The molecule has 2 heterocycles. The number of fused-ring (bicyclic) bond motifs is 3. The van der Waals surface area contributed by atoms with Gasteiger partial charge in [-0.1, -0.05) is 13.3 Å². The van der Waals surface area contributed by atoms with Gasteiger partial charge in [0.2, 0.25) is 0 Å². The van der Waals surface area contributed by atoms with Gasteiger partial charge in [0.05, 0.1) is 0 Å². The van der Waals surface area contributed by atoms with Gasteiger partial charge in [0.15, 0.2) is 0 Å². The van der Waals surface area contributed by atoms with E-state index in [-0.39, 0.29) is 11.8 Å². The number of urea groups is 1. The number of hydrogen-bond donors (Lipinski definition) is 1. The third kappa shape index (κ3) is 2.56. The van der Waals surface area contributed by atoms with E-state index in [9.17, 15) is 9.18 Å². The summed E-state index contributed by atoms with van der Waals surface area (Å²) in [6.45, 7) is 4.07. The van der Waals surface area contributed by atoms with Crippen LogP contribution in [-0.2, 0) is 20.0 Å². The van der Waals surface area contributed by atoms with Crippen molar-refractivity contribution in [3.63, 3.8) is 0 Å². The van der Waals surface area contributed by atoms with Crippen LogP contribution >= 0.6 is 0 Å². The highest BCUT2D eigenvalue weighted by Gasteiger charge is 2.25. The number of hydrogen-bond acceptors (Lipinski definition) is 1. The first-order valence-corrected chi connectivity index (χ1v) is 7.90. The standard InChI is InChI=1S/C17H22FN3O/c1-3-4-8-19-17(22)21-9-7-16-14(11-21)13-10-12(18)5-6-15(13)20(16)2/h5-6,10H,3-4,7-9,11H2,1-2H3,(H,19,22). The molecule has 5 heteroatoms. The quantitative estimate of drug-likeness (QED) is 0.869. The molecule has 1 N–H and O–H groups in total. The Morgan fingerprint density at radius 2 is 2.23 bits per heavy atom. The van der Waals surface area contributed by atoms with Crippen LogP contribution in [0.4, 0.5) is 9.18 Å². The Kier molecular flexibility index (Phi) is 4.05. The molecular formula is C17H22FN3O. The third-order valence-electron chi connectivity index (χ3n) is 4.46. The molecule has 0 spiro atoms. The van der Waals surface area contributed by atoms with Crippen molar-refractivity contribution in [2.75, 3.05) is 13.1 Å². The molecule has 0 aliphatic carbocycles. The van der Waals surface area contributed by atoms with E-state index in [1.807, 2.05) is 18.0 Å². The lowest BCUT2D eigenvalue weighted by Crippen LogP contribution is -2.43. The number of carbonyl (C=O) groups excluding carboxylic acids is 1. The normalized spacial score (nSPS) is 14.2. The fourth-order valence-electron chi connectivity index (χ4n) is 3.21. The minimum Gasteiger partial charge on any atom is -0.347 e. The number of benzene rings is 1. The van der Waals surface area contributed by atoms with E-state index in [1.165, 1.54) is 11.8 Å². The van der Waals surface area contributed by atoms with Crippen LogP contribution in [0, 0.1) is 5.82 Å². The topological polar surface area (TPSA) is 37.3 Å². The Hall–Kier alpha value is -2.04. The molecule has 4 nitrogen and oxygen atoms in total. The summed E-state index contributed by atoms with van der Waals surface area (Å²) in [6.07, 6.45) is 2.86. The lowest BCUT2D eigenvalue weighted by Gasteiger charge is -2.28. The molecule has 1 aromatic carbocycles.